The third-order valence-corrected chi connectivity index (χ3v) is 2.91. The molecule has 0 radical (unpaired) electrons. The monoisotopic (exact) mass is 291 g/mol. The van der Waals surface area contributed by atoms with E-state index in [9.17, 15) is 9.18 Å². The molecule has 0 spiro atoms. The number of carboxylic acid groups (broad SMARTS) is 1. The normalized spacial score (nSPS) is 10.2. The van der Waals surface area contributed by atoms with Crippen LogP contribution in [-0.4, -0.2) is 18.2 Å². The number of methoxy groups -OCH3 is 1. The van der Waals surface area contributed by atoms with Crippen molar-refractivity contribution in [1.82, 2.24) is 0 Å². The molecule has 0 aliphatic carbocycles. The predicted molar refractivity (Wildman–Crippen MR) is 75.1 cm³/mol. The van der Waals surface area contributed by atoms with Gasteiger partial charge in [0.25, 0.3) is 0 Å². The number of anilines is 1. The van der Waals surface area contributed by atoms with Gasteiger partial charge in [-0.3, -0.25) is 0 Å². The van der Waals surface area contributed by atoms with E-state index in [0.29, 0.717) is 0 Å². The molecule has 0 saturated heterocycles. The van der Waals surface area contributed by atoms with Gasteiger partial charge in [0.1, 0.15) is 12.4 Å². The van der Waals surface area contributed by atoms with Crippen molar-refractivity contribution in [3.8, 4) is 11.5 Å². The second-order valence-corrected chi connectivity index (χ2v) is 4.28. The first-order chi connectivity index (χ1) is 10.0. The summed E-state index contributed by atoms with van der Waals surface area (Å²) in [5.74, 6) is -1.30. The molecule has 2 rings (SSSR count). The van der Waals surface area contributed by atoms with E-state index < -0.39 is 11.8 Å². The van der Waals surface area contributed by atoms with Crippen LogP contribution in [0.4, 0.5) is 10.1 Å². The predicted octanol–water partition coefficient (Wildman–Crippen LogP) is 2.69. The number of carbonyl (C=O) groups is 1. The molecule has 0 unspecified atom stereocenters. The summed E-state index contributed by atoms with van der Waals surface area (Å²) in [7, 11) is 1.37. The number of benzene rings is 2. The Bertz CT molecular complexity index is 673. The first-order valence-corrected chi connectivity index (χ1v) is 6.10. The third-order valence-electron chi connectivity index (χ3n) is 2.91. The largest absolute Gasteiger partial charge is 0.494 e. The number of nitrogens with two attached hydrogens (primary N) is 1. The number of ether oxygens (including phenoxy) is 2. The van der Waals surface area contributed by atoms with Gasteiger partial charge in [-0.2, -0.15) is 0 Å². The summed E-state index contributed by atoms with van der Waals surface area (Å²) in [6.07, 6.45) is 0. The SMILES string of the molecule is COc1cccc(COc2cc(C(=O)O)ccc2N)c1F. The van der Waals surface area contributed by atoms with Crippen molar-refractivity contribution in [2.24, 2.45) is 0 Å². The van der Waals surface area contributed by atoms with E-state index in [0.717, 1.165) is 0 Å². The van der Waals surface area contributed by atoms with Gasteiger partial charge in [-0.25, -0.2) is 9.18 Å². The van der Waals surface area contributed by atoms with Crippen molar-refractivity contribution in [3.63, 3.8) is 0 Å². The average Bonchev–Trinajstić information content (AvgIpc) is 2.47. The molecule has 0 aliphatic heterocycles. The molecule has 0 aliphatic rings. The molecule has 0 amide bonds. The van der Waals surface area contributed by atoms with Gasteiger partial charge in [0.05, 0.1) is 18.4 Å². The molecule has 6 heteroatoms. The molecule has 5 nitrogen and oxygen atoms in total. The average molecular weight is 291 g/mol. The lowest BCUT2D eigenvalue weighted by molar-refractivity contribution is 0.0696. The van der Waals surface area contributed by atoms with Crippen LogP contribution in [0, 0.1) is 5.82 Å². The van der Waals surface area contributed by atoms with Gasteiger partial charge in [-0.15, -0.1) is 0 Å². The van der Waals surface area contributed by atoms with Crippen LogP contribution in [0.15, 0.2) is 36.4 Å². The molecule has 0 aromatic heterocycles. The van der Waals surface area contributed by atoms with Crippen LogP contribution >= 0.6 is 0 Å². The molecule has 2 aromatic carbocycles. The summed E-state index contributed by atoms with van der Waals surface area (Å²) in [6, 6.07) is 8.79. The van der Waals surface area contributed by atoms with E-state index in [1.54, 1.807) is 12.1 Å². The van der Waals surface area contributed by atoms with Crippen LogP contribution in [0.3, 0.4) is 0 Å². The number of halogens is 1. The fourth-order valence-electron chi connectivity index (χ4n) is 1.77. The third kappa shape index (κ3) is 3.22. The standard InChI is InChI=1S/C15H14FNO4/c1-20-12-4-2-3-10(14(12)16)8-21-13-7-9(15(18)19)5-6-11(13)17/h2-7H,8,17H2,1H3,(H,18,19). The molecular formula is C15H14FNO4. The number of nitrogen functional groups attached to an aromatic ring is 1. The van der Waals surface area contributed by atoms with Gasteiger partial charge in [-0.1, -0.05) is 12.1 Å². The summed E-state index contributed by atoms with van der Waals surface area (Å²) < 4.78 is 24.2. The van der Waals surface area contributed by atoms with Crippen LogP contribution in [0.2, 0.25) is 0 Å². The van der Waals surface area contributed by atoms with E-state index >= 15 is 0 Å². The highest BCUT2D eigenvalue weighted by Crippen LogP contribution is 2.26. The van der Waals surface area contributed by atoms with Gasteiger partial charge in [0.2, 0.25) is 0 Å². The Morgan fingerprint density at radius 1 is 1.29 bits per heavy atom. The Kier molecular flexibility index (Phi) is 4.27. The zero-order valence-corrected chi connectivity index (χ0v) is 11.3. The lowest BCUT2D eigenvalue weighted by atomic mass is 10.2. The molecule has 110 valence electrons. The van der Waals surface area contributed by atoms with Crippen molar-refractivity contribution in [3.05, 3.63) is 53.3 Å². The molecule has 2 aromatic rings. The quantitative estimate of drug-likeness (QED) is 0.828. The summed E-state index contributed by atoms with van der Waals surface area (Å²) in [5, 5.41) is 8.92. The lowest BCUT2D eigenvalue weighted by Gasteiger charge is -2.11. The minimum absolute atomic E-state index is 0.0466. The van der Waals surface area contributed by atoms with E-state index in [1.165, 1.54) is 31.4 Å². The fraction of sp³-hybridized carbons (Fsp3) is 0.133. The molecule has 0 saturated carbocycles. The van der Waals surface area contributed by atoms with E-state index in [-0.39, 0.29) is 34.9 Å². The smallest absolute Gasteiger partial charge is 0.335 e. The number of carboxylic acids is 1. The molecule has 3 N–H and O–H groups in total. The maximum absolute atomic E-state index is 14.0. The van der Waals surface area contributed by atoms with Crippen LogP contribution in [0.25, 0.3) is 0 Å². The first-order valence-electron chi connectivity index (χ1n) is 6.10. The molecule has 0 bridgehead atoms. The highest BCUT2D eigenvalue weighted by molar-refractivity contribution is 5.89. The minimum Gasteiger partial charge on any atom is -0.494 e. The highest BCUT2D eigenvalue weighted by Gasteiger charge is 2.11. The van der Waals surface area contributed by atoms with Gasteiger partial charge in [0, 0.05) is 5.56 Å². The Morgan fingerprint density at radius 3 is 2.71 bits per heavy atom. The Hall–Kier alpha value is -2.76. The molecule has 0 heterocycles. The zero-order valence-electron chi connectivity index (χ0n) is 11.3. The highest BCUT2D eigenvalue weighted by atomic mass is 19.1. The van der Waals surface area contributed by atoms with E-state index in [2.05, 4.69) is 0 Å². The van der Waals surface area contributed by atoms with E-state index in [4.69, 9.17) is 20.3 Å². The first kappa shape index (κ1) is 14.6. The van der Waals surface area contributed by atoms with Crippen LogP contribution in [0.1, 0.15) is 15.9 Å². The van der Waals surface area contributed by atoms with E-state index in [1.807, 2.05) is 0 Å². The second-order valence-electron chi connectivity index (χ2n) is 4.28. The molecule has 0 fully saturated rings. The lowest BCUT2D eigenvalue weighted by Crippen LogP contribution is -2.04. The number of aromatic carboxylic acids is 1. The van der Waals surface area contributed by atoms with Gasteiger partial charge >= 0.3 is 5.97 Å². The van der Waals surface area contributed by atoms with Gasteiger partial charge < -0.3 is 20.3 Å². The molecule has 21 heavy (non-hydrogen) atoms. The molecule has 0 atom stereocenters. The van der Waals surface area contributed by atoms with Crippen LogP contribution in [0.5, 0.6) is 11.5 Å². The van der Waals surface area contributed by atoms with Gasteiger partial charge in [-0.05, 0) is 24.3 Å². The summed E-state index contributed by atoms with van der Waals surface area (Å²) >= 11 is 0. The molecular weight excluding hydrogens is 277 g/mol. The van der Waals surface area contributed by atoms with Crippen molar-refractivity contribution in [1.29, 1.82) is 0 Å². The van der Waals surface area contributed by atoms with Crippen molar-refractivity contribution in [2.75, 3.05) is 12.8 Å². The Balaban J connectivity index is 2.20. The summed E-state index contributed by atoms with van der Waals surface area (Å²) in [5.41, 5.74) is 6.33. The van der Waals surface area contributed by atoms with Crippen LogP contribution in [-0.2, 0) is 6.61 Å². The summed E-state index contributed by atoms with van der Waals surface area (Å²) in [6.45, 7) is -0.0870. The van der Waals surface area contributed by atoms with Crippen molar-refractivity contribution >= 4 is 11.7 Å². The maximum Gasteiger partial charge on any atom is 0.335 e. The van der Waals surface area contributed by atoms with Crippen LogP contribution < -0.4 is 15.2 Å². The zero-order chi connectivity index (χ0) is 15.4. The summed E-state index contributed by atoms with van der Waals surface area (Å²) in [4.78, 5) is 10.9. The maximum atomic E-state index is 14.0. The van der Waals surface area contributed by atoms with Crippen molar-refractivity contribution < 1.29 is 23.8 Å². The second kappa shape index (κ2) is 6.13. The Labute approximate surface area is 120 Å². The van der Waals surface area contributed by atoms with Gasteiger partial charge in [0.15, 0.2) is 11.6 Å². The number of hydrogen-bond acceptors (Lipinski definition) is 4. The number of rotatable bonds is 5. The van der Waals surface area contributed by atoms with Crippen molar-refractivity contribution in [2.45, 2.75) is 6.61 Å². The fourth-order valence-corrected chi connectivity index (χ4v) is 1.77. The minimum atomic E-state index is -1.09. The number of hydrogen-bond donors (Lipinski definition) is 2. The Morgan fingerprint density at radius 2 is 2.05 bits per heavy atom. The topological polar surface area (TPSA) is 81.8 Å².